The van der Waals surface area contributed by atoms with Crippen molar-refractivity contribution in [1.82, 2.24) is 5.32 Å². The highest BCUT2D eigenvalue weighted by molar-refractivity contribution is 7.99. The Balaban J connectivity index is 2.29. The van der Waals surface area contributed by atoms with Crippen LogP contribution in [-0.2, 0) is 0 Å². The number of nitrogens with one attached hydrogen (secondary N) is 1. The number of thioether (sulfide) groups is 1. The molecule has 50 valence electrons. The molecule has 9 heavy (non-hydrogen) atoms. The second-order valence-corrected chi connectivity index (χ2v) is 3.26. The van der Waals surface area contributed by atoms with Crippen LogP contribution in [0.1, 0.15) is 6.42 Å². The molecule has 0 radical (unpaired) electrons. The van der Waals surface area contributed by atoms with Gasteiger partial charge in [-0.1, -0.05) is 0 Å². The molecule has 2 nitrogen and oxygen atoms in total. The van der Waals surface area contributed by atoms with Crippen LogP contribution >= 0.6 is 11.8 Å². The second-order valence-electron chi connectivity index (χ2n) is 2.04. The van der Waals surface area contributed by atoms with Gasteiger partial charge in [-0.3, -0.25) is 0 Å². The normalized spacial score (nSPS) is 28.6. The van der Waals surface area contributed by atoms with Gasteiger partial charge in [0.2, 0.25) is 0 Å². The molecule has 0 aliphatic carbocycles. The van der Waals surface area contributed by atoms with Crippen molar-refractivity contribution in [2.75, 3.05) is 18.1 Å². The SMILES string of the molecule is N#CC1CCSCCN1. The molecular formula is C6H10N2S. The van der Waals surface area contributed by atoms with Crippen molar-refractivity contribution in [2.24, 2.45) is 0 Å². The summed E-state index contributed by atoms with van der Waals surface area (Å²) < 4.78 is 0. The zero-order valence-electron chi connectivity index (χ0n) is 5.26. The van der Waals surface area contributed by atoms with E-state index in [1.54, 1.807) is 0 Å². The number of nitriles is 1. The van der Waals surface area contributed by atoms with Gasteiger partial charge >= 0.3 is 0 Å². The van der Waals surface area contributed by atoms with Crippen LogP contribution in [0, 0.1) is 11.3 Å². The molecule has 0 amide bonds. The maximum Gasteiger partial charge on any atom is 0.0961 e. The molecule has 1 aliphatic rings. The molecule has 0 aromatic heterocycles. The number of nitrogens with zero attached hydrogens (tertiary/aromatic N) is 1. The Labute approximate surface area is 59.6 Å². The summed E-state index contributed by atoms with van der Waals surface area (Å²) in [4.78, 5) is 0. The van der Waals surface area contributed by atoms with E-state index in [0.29, 0.717) is 0 Å². The van der Waals surface area contributed by atoms with E-state index < -0.39 is 0 Å². The van der Waals surface area contributed by atoms with Crippen LogP contribution in [0.2, 0.25) is 0 Å². The first-order valence-corrected chi connectivity index (χ1v) is 4.29. The number of hydrogen-bond acceptors (Lipinski definition) is 3. The average molecular weight is 142 g/mol. The molecule has 0 aromatic rings. The fourth-order valence-electron chi connectivity index (χ4n) is 0.821. The van der Waals surface area contributed by atoms with E-state index in [-0.39, 0.29) is 6.04 Å². The van der Waals surface area contributed by atoms with Gasteiger partial charge in [-0.15, -0.1) is 0 Å². The Hall–Kier alpha value is -0.200. The molecule has 1 fully saturated rings. The molecule has 0 bridgehead atoms. The first-order chi connectivity index (χ1) is 4.43. The summed E-state index contributed by atoms with van der Waals surface area (Å²) in [5.74, 6) is 2.28. The molecule has 1 unspecified atom stereocenters. The lowest BCUT2D eigenvalue weighted by molar-refractivity contribution is 0.626. The van der Waals surface area contributed by atoms with Crippen LogP contribution in [0.25, 0.3) is 0 Å². The van der Waals surface area contributed by atoms with Crippen LogP contribution < -0.4 is 5.32 Å². The first-order valence-electron chi connectivity index (χ1n) is 3.14. The summed E-state index contributed by atoms with van der Waals surface area (Å²) >= 11 is 1.92. The minimum atomic E-state index is 0.111. The van der Waals surface area contributed by atoms with Gasteiger partial charge in [-0.2, -0.15) is 17.0 Å². The lowest BCUT2D eigenvalue weighted by Crippen LogP contribution is -2.27. The van der Waals surface area contributed by atoms with Gasteiger partial charge in [0, 0.05) is 12.3 Å². The van der Waals surface area contributed by atoms with E-state index in [4.69, 9.17) is 5.26 Å². The molecule has 3 heteroatoms. The molecule has 1 N–H and O–H groups in total. The third kappa shape index (κ3) is 2.25. The van der Waals surface area contributed by atoms with Gasteiger partial charge in [0.1, 0.15) is 0 Å². The highest BCUT2D eigenvalue weighted by Gasteiger charge is 2.08. The van der Waals surface area contributed by atoms with Gasteiger partial charge in [-0.25, -0.2) is 0 Å². The Morgan fingerprint density at radius 2 is 2.44 bits per heavy atom. The summed E-state index contributed by atoms with van der Waals surface area (Å²) in [6.45, 7) is 0.989. The van der Waals surface area contributed by atoms with Crippen molar-refractivity contribution in [2.45, 2.75) is 12.5 Å². The summed E-state index contributed by atoms with van der Waals surface area (Å²) in [5.41, 5.74) is 0. The van der Waals surface area contributed by atoms with E-state index in [2.05, 4.69) is 11.4 Å². The summed E-state index contributed by atoms with van der Waals surface area (Å²) in [7, 11) is 0. The lowest BCUT2D eigenvalue weighted by Gasteiger charge is -2.02. The van der Waals surface area contributed by atoms with E-state index >= 15 is 0 Å². The molecule has 0 spiro atoms. The smallest absolute Gasteiger partial charge is 0.0961 e. The maximum absolute atomic E-state index is 8.49. The van der Waals surface area contributed by atoms with Crippen LogP contribution in [0.4, 0.5) is 0 Å². The van der Waals surface area contributed by atoms with Crippen LogP contribution in [0.15, 0.2) is 0 Å². The zero-order chi connectivity index (χ0) is 6.53. The second kappa shape index (κ2) is 3.76. The highest BCUT2D eigenvalue weighted by Crippen LogP contribution is 2.07. The maximum atomic E-state index is 8.49. The van der Waals surface area contributed by atoms with Crippen LogP contribution in [-0.4, -0.2) is 24.1 Å². The Morgan fingerprint density at radius 3 is 3.22 bits per heavy atom. The quantitative estimate of drug-likeness (QED) is 0.538. The third-order valence-corrected chi connectivity index (χ3v) is 2.36. The molecule has 1 heterocycles. The lowest BCUT2D eigenvalue weighted by atomic mass is 10.2. The molecule has 1 aliphatic heterocycles. The van der Waals surface area contributed by atoms with Crippen molar-refractivity contribution in [3.63, 3.8) is 0 Å². The third-order valence-electron chi connectivity index (χ3n) is 1.34. The predicted molar refractivity (Wildman–Crippen MR) is 39.3 cm³/mol. The molecule has 0 aromatic carbocycles. The van der Waals surface area contributed by atoms with E-state index in [1.165, 1.54) is 0 Å². The van der Waals surface area contributed by atoms with Crippen molar-refractivity contribution in [3.8, 4) is 6.07 Å². The molecule has 1 atom stereocenters. The molecule has 1 saturated heterocycles. The molecular weight excluding hydrogens is 132 g/mol. The fraction of sp³-hybridized carbons (Fsp3) is 0.833. The average Bonchev–Trinajstić information content (AvgIpc) is 2.13. The van der Waals surface area contributed by atoms with Crippen molar-refractivity contribution < 1.29 is 0 Å². The minimum absolute atomic E-state index is 0.111. The van der Waals surface area contributed by atoms with Gasteiger partial charge in [0.25, 0.3) is 0 Å². The predicted octanol–water partition coefficient (Wildman–Crippen LogP) is 0.605. The van der Waals surface area contributed by atoms with Crippen LogP contribution in [0.3, 0.4) is 0 Å². The summed E-state index contributed by atoms with van der Waals surface area (Å²) in [6.07, 6.45) is 1.00. The summed E-state index contributed by atoms with van der Waals surface area (Å²) in [5, 5.41) is 11.6. The van der Waals surface area contributed by atoms with Gasteiger partial charge < -0.3 is 5.32 Å². The zero-order valence-corrected chi connectivity index (χ0v) is 6.08. The largest absolute Gasteiger partial charge is 0.301 e. The molecule has 1 rings (SSSR count). The van der Waals surface area contributed by atoms with Crippen LogP contribution in [0.5, 0.6) is 0 Å². The first kappa shape index (κ1) is 6.91. The number of rotatable bonds is 0. The Morgan fingerprint density at radius 1 is 1.56 bits per heavy atom. The summed E-state index contributed by atoms with van der Waals surface area (Å²) in [6, 6.07) is 2.33. The van der Waals surface area contributed by atoms with Gasteiger partial charge in [0.15, 0.2) is 0 Å². The molecule has 0 saturated carbocycles. The van der Waals surface area contributed by atoms with Gasteiger partial charge in [0.05, 0.1) is 12.1 Å². The van der Waals surface area contributed by atoms with E-state index in [0.717, 1.165) is 24.5 Å². The highest BCUT2D eigenvalue weighted by atomic mass is 32.2. The monoisotopic (exact) mass is 142 g/mol. The van der Waals surface area contributed by atoms with Crippen molar-refractivity contribution >= 4 is 11.8 Å². The van der Waals surface area contributed by atoms with Crippen molar-refractivity contribution in [1.29, 1.82) is 5.26 Å². The van der Waals surface area contributed by atoms with Crippen molar-refractivity contribution in [3.05, 3.63) is 0 Å². The Bertz CT molecular complexity index is 111. The minimum Gasteiger partial charge on any atom is -0.301 e. The van der Waals surface area contributed by atoms with Gasteiger partial charge in [-0.05, 0) is 12.2 Å². The van der Waals surface area contributed by atoms with E-state index in [1.807, 2.05) is 11.8 Å². The number of hydrogen-bond donors (Lipinski definition) is 1. The standard InChI is InChI=1S/C6H10N2S/c7-5-6-1-3-9-4-2-8-6/h6,8H,1-4H2. The topological polar surface area (TPSA) is 35.8 Å². The fourth-order valence-corrected chi connectivity index (χ4v) is 1.69. The van der Waals surface area contributed by atoms with E-state index in [9.17, 15) is 0 Å². The Kier molecular flexibility index (Phi) is 2.88.